The smallest absolute Gasteiger partial charge is 0.351 e. The van der Waals surface area contributed by atoms with Gasteiger partial charge < -0.3 is 19.3 Å². The van der Waals surface area contributed by atoms with Gasteiger partial charge in [-0.25, -0.2) is 27.8 Å². The summed E-state index contributed by atoms with van der Waals surface area (Å²) in [7, 11) is 0. The van der Waals surface area contributed by atoms with Crippen LogP contribution < -0.4 is 15.5 Å². The fourth-order valence-corrected chi connectivity index (χ4v) is 7.05. The Morgan fingerprint density at radius 1 is 0.959 bits per heavy atom. The summed E-state index contributed by atoms with van der Waals surface area (Å²) in [4.78, 5) is 21.3. The molecule has 7 rings (SSSR count). The van der Waals surface area contributed by atoms with E-state index in [0.29, 0.717) is 11.4 Å². The minimum absolute atomic E-state index is 0.0799. The van der Waals surface area contributed by atoms with Gasteiger partial charge in [-0.1, -0.05) is 30.0 Å². The van der Waals surface area contributed by atoms with Crippen molar-refractivity contribution >= 4 is 23.1 Å². The Morgan fingerprint density at radius 3 is 2.27 bits per heavy atom. The second-order valence-electron chi connectivity index (χ2n) is 11.9. The number of hydrogen-bond donors (Lipinski definition) is 0. The van der Waals surface area contributed by atoms with Crippen LogP contribution in [0, 0.1) is 23.0 Å². The average Bonchev–Trinajstić information content (AvgIpc) is 3.88. The first-order valence-corrected chi connectivity index (χ1v) is 16.8. The highest BCUT2D eigenvalue weighted by Crippen LogP contribution is 2.41. The van der Waals surface area contributed by atoms with Gasteiger partial charge in [0.15, 0.2) is 0 Å². The van der Waals surface area contributed by atoms with Crippen molar-refractivity contribution in [3.63, 3.8) is 0 Å². The lowest BCUT2D eigenvalue weighted by Gasteiger charge is -2.37. The van der Waals surface area contributed by atoms with Gasteiger partial charge in [0.2, 0.25) is 5.62 Å². The van der Waals surface area contributed by atoms with Gasteiger partial charge in [-0.2, -0.15) is 20.1 Å². The summed E-state index contributed by atoms with van der Waals surface area (Å²) in [6.07, 6.45) is 4.35. The zero-order valence-corrected chi connectivity index (χ0v) is 27.4. The molecule has 2 aromatic heterocycles. The monoisotopic (exact) mass is 685 g/mol. The van der Waals surface area contributed by atoms with Crippen LogP contribution in [-0.2, 0) is 27.4 Å². The molecule has 0 saturated carbocycles. The first kappa shape index (κ1) is 32.5. The molecule has 0 amide bonds. The molecule has 49 heavy (non-hydrogen) atoms. The lowest BCUT2D eigenvalue weighted by atomic mass is 9.94. The largest absolute Gasteiger partial charge is 0.368 e. The predicted molar refractivity (Wildman–Crippen MR) is 179 cm³/mol. The molecule has 252 valence electrons. The number of benzene rings is 3. The minimum Gasteiger partial charge on any atom is -0.368 e. The molecule has 0 radical (unpaired) electrons. The van der Waals surface area contributed by atoms with Crippen molar-refractivity contribution in [3.05, 3.63) is 119 Å². The highest BCUT2D eigenvalue weighted by atomic mass is 32.2. The fraction of sp³-hybridized carbons (Fsp3) is 0.324. The lowest BCUT2D eigenvalue weighted by molar-refractivity contribution is -0.0470. The maximum atomic E-state index is 14.9. The van der Waals surface area contributed by atoms with Crippen molar-refractivity contribution in [3.8, 4) is 11.8 Å². The van der Waals surface area contributed by atoms with Crippen molar-refractivity contribution in [1.82, 2.24) is 29.1 Å². The van der Waals surface area contributed by atoms with E-state index in [0.717, 1.165) is 49.2 Å². The van der Waals surface area contributed by atoms with Gasteiger partial charge in [-0.05, 0) is 55.0 Å². The van der Waals surface area contributed by atoms with Crippen molar-refractivity contribution in [1.29, 1.82) is 5.26 Å². The van der Waals surface area contributed by atoms with Gasteiger partial charge in [-0.3, -0.25) is 0 Å². The number of nitrogens with zero attached hydrogens (tertiary/aromatic N) is 9. The molecule has 0 bridgehead atoms. The molecule has 2 aliphatic rings. The van der Waals surface area contributed by atoms with Gasteiger partial charge in [-0.15, -0.1) is 0 Å². The second-order valence-corrected chi connectivity index (χ2v) is 12.9. The number of aromatic nitrogens is 6. The third-order valence-electron chi connectivity index (χ3n) is 8.79. The molecule has 12 nitrogen and oxygen atoms in total. The average molecular weight is 686 g/mol. The van der Waals surface area contributed by atoms with E-state index < -0.39 is 28.9 Å². The molecule has 0 spiro atoms. The standard InChI is InChI=1S/C34H33F2N9O3S/c1-24(17-37)45-32(46)44(23-40-45)29-9-7-28(8-10-29)42-14-12-41(13-15-42)27-5-2-25(3-6-27)18-49-33-47-20-34(48-33,19-43-22-38-21-39-43)30-11-4-26(35)16-31(30)36/h2-11,16,21-24,33H,12-15,18-20H2,1H3. The van der Waals surface area contributed by atoms with Crippen LogP contribution in [-0.4, -0.2) is 67.5 Å². The van der Waals surface area contributed by atoms with Crippen molar-refractivity contribution in [2.45, 2.75) is 36.5 Å². The summed E-state index contributed by atoms with van der Waals surface area (Å²) in [5.74, 6) is -0.745. The van der Waals surface area contributed by atoms with E-state index in [1.165, 1.54) is 52.1 Å². The van der Waals surface area contributed by atoms with Crippen LogP contribution in [0.5, 0.6) is 0 Å². The third-order valence-corrected chi connectivity index (χ3v) is 9.79. The summed E-state index contributed by atoms with van der Waals surface area (Å²) in [6.45, 7) is 5.27. The summed E-state index contributed by atoms with van der Waals surface area (Å²) in [6, 6.07) is 21.1. The summed E-state index contributed by atoms with van der Waals surface area (Å²) < 4.78 is 45.0. The van der Waals surface area contributed by atoms with Crippen LogP contribution in [0.4, 0.5) is 20.2 Å². The molecule has 2 aliphatic heterocycles. The van der Waals surface area contributed by atoms with Crippen LogP contribution in [0.2, 0.25) is 0 Å². The molecule has 15 heteroatoms. The van der Waals surface area contributed by atoms with Crippen LogP contribution in [0.1, 0.15) is 24.1 Å². The van der Waals surface area contributed by atoms with Gasteiger partial charge in [0.05, 0.1) is 24.9 Å². The van der Waals surface area contributed by atoms with Gasteiger partial charge >= 0.3 is 5.69 Å². The normalized spacial score (nSPS) is 20.0. The molecule has 0 aliphatic carbocycles. The number of anilines is 2. The Balaban J connectivity index is 0.927. The summed E-state index contributed by atoms with van der Waals surface area (Å²) in [5.41, 5.74) is 2.03. The zero-order valence-electron chi connectivity index (χ0n) is 26.6. The molecule has 4 heterocycles. The Kier molecular flexibility index (Phi) is 9.17. The minimum atomic E-state index is -1.18. The molecule has 3 aromatic carbocycles. The van der Waals surface area contributed by atoms with Crippen molar-refractivity contribution in [2.24, 2.45) is 0 Å². The first-order chi connectivity index (χ1) is 23.8. The number of thioether (sulfide) groups is 1. The number of nitriles is 1. The molecule has 2 saturated heterocycles. The highest BCUT2D eigenvalue weighted by molar-refractivity contribution is 7.98. The van der Waals surface area contributed by atoms with Crippen molar-refractivity contribution in [2.75, 3.05) is 42.6 Å². The molecular formula is C34H33F2N9O3S. The third kappa shape index (κ3) is 6.80. The molecule has 5 aromatic rings. The number of piperazine rings is 1. The van der Waals surface area contributed by atoms with Gasteiger partial charge in [0, 0.05) is 54.9 Å². The van der Waals surface area contributed by atoms with Crippen LogP contribution in [0.15, 0.2) is 90.5 Å². The Bertz CT molecular complexity index is 1990. The van der Waals surface area contributed by atoms with Crippen LogP contribution in [0.3, 0.4) is 0 Å². The summed E-state index contributed by atoms with van der Waals surface area (Å²) >= 11 is 1.46. The number of hydrogen-bond acceptors (Lipinski definition) is 10. The van der Waals surface area contributed by atoms with Crippen LogP contribution >= 0.6 is 11.8 Å². The van der Waals surface area contributed by atoms with E-state index in [-0.39, 0.29) is 24.4 Å². The van der Waals surface area contributed by atoms with E-state index in [1.54, 1.807) is 11.6 Å². The maximum Gasteiger partial charge on any atom is 0.351 e. The molecular weight excluding hydrogens is 652 g/mol. The topological polar surface area (TPSA) is 119 Å². The predicted octanol–water partition coefficient (Wildman–Crippen LogP) is 4.47. The van der Waals surface area contributed by atoms with Crippen LogP contribution in [0.25, 0.3) is 5.69 Å². The highest BCUT2D eigenvalue weighted by Gasteiger charge is 2.45. The Hall–Kier alpha value is -5.04. The SMILES string of the molecule is CC(C#N)n1ncn(-c2ccc(N3CCN(c4ccc(CSC5OCC(Cn6cncn6)(c6ccc(F)cc6F)O5)cc4)CC3)cc2)c1=O. The number of rotatable bonds is 10. The summed E-state index contributed by atoms with van der Waals surface area (Å²) in [5, 5.41) is 17.3. The van der Waals surface area contributed by atoms with E-state index in [4.69, 9.17) is 14.7 Å². The number of halogens is 2. The number of ether oxygens (including phenoxy) is 2. The van der Waals surface area contributed by atoms with Gasteiger partial charge in [0.1, 0.15) is 42.3 Å². The first-order valence-electron chi connectivity index (χ1n) is 15.8. The Labute approximate surface area is 285 Å². The zero-order chi connectivity index (χ0) is 34.0. The second kappa shape index (κ2) is 13.8. The van der Waals surface area contributed by atoms with E-state index in [1.807, 2.05) is 30.3 Å². The van der Waals surface area contributed by atoms with E-state index in [2.05, 4.69) is 49.2 Å². The Morgan fingerprint density at radius 2 is 1.63 bits per heavy atom. The molecule has 2 fully saturated rings. The fourth-order valence-electron chi connectivity index (χ4n) is 6.11. The van der Waals surface area contributed by atoms with Crippen molar-refractivity contribution < 1.29 is 18.3 Å². The van der Waals surface area contributed by atoms with Gasteiger partial charge in [0.25, 0.3) is 0 Å². The van der Waals surface area contributed by atoms with E-state index >= 15 is 0 Å². The quantitative estimate of drug-likeness (QED) is 0.208. The lowest BCUT2D eigenvalue weighted by Crippen LogP contribution is -2.46. The van der Waals surface area contributed by atoms with E-state index in [9.17, 15) is 13.6 Å². The molecule has 3 unspecified atom stereocenters. The molecule has 0 N–H and O–H groups in total. The molecule has 3 atom stereocenters. The maximum absolute atomic E-state index is 14.9.